The molecule has 0 amide bonds. The van der Waals surface area contributed by atoms with Crippen molar-refractivity contribution in [2.75, 3.05) is 11.5 Å². The molecule has 6 heteroatoms. The van der Waals surface area contributed by atoms with Gasteiger partial charge in [0, 0.05) is 19.0 Å². The third-order valence-corrected chi connectivity index (χ3v) is 3.00. The summed E-state index contributed by atoms with van der Waals surface area (Å²) in [4.78, 5) is 10.4. The number of carboxylic acid groups (broad SMARTS) is 1. The molecule has 0 spiro atoms. The summed E-state index contributed by atoms with van der Waals surface area (Å²) in [5.41, 5.74) is 6.52. The summed E-state index contributed by atoms with van der Waals surface area (Å²) in [5, 5.41) is 12.6. The quantitative estimate of drug-likeness (QED) is 0.677. The molecule has 0 saturated heterocycles. The van der Waals surface area contributed by atoms with Gasteiger partial charge in [0.15, 0.2) is 0 Å². The number of carboxylic acids is 1. The van der Waals surface area contributed by atoms with E-state index in [9.17, 15) is 4.79 Å². The molecule has 0 radical (unpaired) electrons. The standard InChI is InChI=1S/C9H15N3O2S/c1-12-5-7(4-11-12)2-3-15-6-8(10)9(13)14/h4-5,8H,2-3,6,10H2,1H3,(H,13,14)/t8-/m1/s1. The van der Waals surface area contributed by atoms with Crippen molar-refractivity contribution < 1.29 is 9.90 Å². The summed E-state index contributed by atoms with van der Waals surface area (Å²) in [6.07, 6.45) is 4.67. The van der Waals surface area contributed by atoms with Gasteiger partial charge < -0.3 is 10.8 Å². The van der Waals surface area contributed by atoms with Crippen LogP contribution in [0, 0.1) is 0 Å². The molecule has 0 saturated carbocycles. The molecule has 0 bridgehead atoms. The van der Waals surface area contributed by atoms with E-state index in [0.29, 0.717) is 5.75 Å². The first-order chi connectivity index (χ1) is 7.09. The average molecular weight is 229 g/mol. The van der Waals surface area contributed by atoms with Crippen LogP contribution in [0.2, 0.25) is 0 Å². The molecular formula is C9H15N3O2S. The molecule has 3 N–H and O–H groups in total. The first-order valence-electron chi connectivity index (χ1n) is 4.63. The Bertz CT molecular complexity index is 327. The Morgan fingerprint density at radius 3 is 3.07 bits per heavy atom. The van der Waals surface area contributed by atoms with Gasteiger partial charge in [-0.2, -0.15) is 16.9 Å². The Labute approximate surface area is 92.6 Å². The fourth-order valence-electron chi connectivity index (χ4n) is 1.07. The number of thioether (sulfide) groups is 1. The van der Waals surface area contributed by atoms with Gasteiger partial charge in [0.2, 0.25) is 0 Å². The van der Waals surface area contributed by atoms with E-state index in [2.05, 4.69) is 5.10 Å². The number of nitrogens with zero attached hydrogens (tertiary/aromatic N) is 2. The normalized spacial score (nSPS) is 12.7. The molecule has 0 aromatic carbocycles. The molecule has 0 unspecified atom stereocenters. The molecule has 0 aliphatic rings. The summed E-state index contributed by atoms with van der Waals surface area (Å²) in [7, 11) is 1.87. The maximum absolute atomic E-state index is 10.4. The zero-order valence-corrected chi connectivity index (χ0v) is 9.41. The Balaban J connectivity index is 2.14. The van der Waals surface area contributed by atoms with Crippen LogP contribution in [0.25, 0.3) is 0 Å². The lowest BCUT2D eigenvalue weighted by Gasteiger charge is -2.04. The topological polar surface area (TPSA) is 81.1 Å². The van der Waals surface area contributed by atoms with Crippen LogP contribution >= 0.6 is 11.8 Å². The second-order valence-corrected chi connectivity index (χ2v) is 4.44. The third-order valence-electron chi connectivity index (χ3n) is 1.91. The Morgan fingerprint density at radius 2 is 2.53 bits per heavy atom. The lowest BCUT2D eigenvalue weighted by molar-refractivity contribution is -0.137. The third kappa shape index (κ3) is 4.35. The van der Waals surface area contributed by atoms with Crippen molar-refractivity contribution >= 4 is 17.7 Å². The van der Waals surface area contributed by atoms with Crippen LogP contribution < -0.4 is 5.73 Å². The van der Waals surface area contributed by atoms with Gasteiger partial charge in [-0.1, -0.05) is 0 Å². The van der Waals surface area contributed by atoms with Gasteiger partial charge >= 0.3 is 5.97 Å². The predicted molar refractivity (Wildman–Crippen MR) is 59.8 cm³/mol. The van der Waals surface area contributed by atoms with E-state index in [4.69, 9.17) is 10.8 Å². The molecule has 0 aliphatic heterocycles. The molecule has 0 fully saturated rings. The van der Waals surface area contributed by atoms with Crippen molar-refractivity contribution in [3.63, 3.8) is 0 Å². The molecule has 1 atom stereocenters. The van der Waals surface area contributed by atoms with Gasteiger partial charge in [-0.3, -0.25) is 9.48 Å². The van der Waals surface area contributed by atoms with Gasteiger partial charge in [0.1, 0.15) is 6.04 Å². The van der Waals surface area contributed by atoms with E-state index in [0.717, 1.165) is 17.7 Å². The van der Waals surface area contributed by atoms with E-state index in [1.165, 1.54) is 0 Å². The van der Waals surface area contributed by atoms with Crippen molar-refractivity contribution in [3.8, 4) is 0 Å². The molecule has 15 heavy (non-hydrogen) atoms. The van der Waals surface area contributed by atoms with Crippen molar-refractivity contribution in [1.29, 1.82) is 0 Å². The Kier molecular flexibility index (Phi) is 4.64. The van der Waals surface area contributed by atoms with Gasteiger partial charge in [0.05, 0.1) is 6.20 Å². The highest BCUT2D eigenvalue weighted by Gasteiger charge is 2.10. The fraction of sp³-hybridized carbons (Fsp3) is 0.556. The zero-order valence-electron chi connectivity index (χ0n) is 8.59. The van der Waals surface area contributed by atoms with Gasteiger partial charge in [-0.25, -0.2) is 0 Å². The summed E-state index contributed by atoms with van der Waals surface area (Å²) in [6.45, 7) is 0. The van der Waals surface area contributed by atoms with Crippen LogP contribution in [0.4, 0.5) is 0 Å². The van der Waals surface area contributed by atoms with Gasteiger partial charge in [-0.05, 0) is 17.7 Å². The second-order valence-electron chi connectivity index (χ2n) is 3.29. The highest BCUT2D eigenvalue weighted by molar-refractivity contribution is 7.99. The number of aromatic nitrogens is 2. The molecule has 84 valence electrons. The molecule has 1 heterocycles. The minimum atomic E-state index is -0.941. The minimum absolute atomic E-state index is 0.454. The highest BCUT2D eigenvalue weighted by Crippen LogP contribution is 2.07. The van der Waals surface area contributed by atoms with Crippen LogP contribution in [-0.2, 0) is 18.3 Å². The van der Waals surface area contributed by atoms with E-state index in [1.54, 1.807) is 16.4 Å². The fourth-order valence-corrected chi connectivity index (χ4v) is 2.02. The lowest BCUT2D eigenvalue weighted by Crippen LogP contribution is -2.32. The van der Waals surface area contributed by atoms with Crippen LogP contribution in [0.3, 0.4) is 0 Å². The van der Waals surface area contributed by atoms with Crippen molar-refractivity contribution in [2.24, 2.45) is 12.8 Å². The first-order valence-corrected chi connectivity index (χ1v) is 5.78. The van der Waals surface area contributed by atoms with Crippen LogP contribution in [0.1, 0.15) is 5.56 Å². The van der Waals surface area contributed by atoms with E-state index in [-0.39, 0.29) is 0 Å². The van der Waals surface area contributed by atoms with Crippen molar-refractivity contribution in [3.05, 3.63) is 18.0 Å². The number of hydrogen-bond acceptors (Lipinski definition) is 4. The SMILES string of the molecule is Cn1cc(CCSC[C@@H](N)C(=O)O)cn1. The van der Waals surface area contributed by atoms with E-state index in [1.807, 2.05) is 19.4 Å². The Morgan fingerprint density at radius 1 is 1.80 bits per heavy atom. The van der Waals surface area contributed by atoms with Crippen molar-refractivity contribution in [2.45, 2.75) is 12.5 Å². The smallest absolute Gasteiger partial charge is 0.321 e. The summed E-state index contributed by atoms with van der Waals surface area (Å²) >= 11 is 1.55. The first kappa shape index (κ1) is 12.1. The number of aryl methyl sites for hydroxylation is 2. The zero-order chi connectivity index (χ0) is 11.3. The van der Waals surface area contributed by atoms with Crippen LogP contribution in [0.15, 0.2) is 12.4 Å². The number of nitrogens with two attached hydrogens (primary N) is 1. The van der Waals surface area contributed by atoms with Gasteiger partial charge in [-0.15, -0.1) is 0 Å². The number of carbonyl (C=O) groups is 1. The van der Waals surface area contributed by atoms with Gasteiger partial charge in [0.25, 0.3) is 0 Å². The molecule has 5 nitrogen and oxygen atoms in total. The molecule has 1 aromatic heterocycles. The Hall–Kier alpha value is -1.01. The second kappa shape index (κ2) is 5.77. The molecule has 1 rings (SSSR count). The van der Waals surface area contributed by atoms with Crippen LogP contribution in [0.5, 0.6) is 0 Å². The molecule has 1 aromatic rings. The summed E-state index contributed by atoms with van der Waals surface area (Å²) < 4.78 is 1.75. The highest BCUT2D eigenvalue weighted by atomic mass is 32.2. The predicted octanol–water partition coefficient (Wildman–Crippen LogP) is 0.108. The minimum Gasteiger partial charge on any atom is -0.480 e. The molecular weight excluding hydrogens is 214 g/mol. The largest absolute Gasteiger partial charge is 0.480 e. The van der Waals surface area contributed by atoms with E-state index >= 15 is 0 Å². The summed E-state index contributed by atoms with van der Waals surface area (Å²) in [6, 6.07) is -0.760. The number of hydrogen-bond donors (Lipinski definition) is 2. The number of aliphatic carboxylic acids is 1. The monoisotopic (exact) mass is 229 g/mol. The van der Waals surface area contributed by atoms with Crippen molar-refractivity contribution in [1.82, 2.24) is 9.78 Å². The van der Waals surface area contributed by atoms with Crippen LogP contribution in [-0.4, -0.2) is 38.4 Å². The lowest BCUT2D eigenvalue weighted by atomic mass is 10.3. The maximum Gasteiger partial charge on any atom is 0.321 e. The maximum atomic E-state index is 10.4. The summed E-state index contributed by atoms with van der Waals surface area (Å²) in [5.74, 6) is 0.381. The molecule has 0 aliphatic carbocycles. The number of rotatable bonds is 6. The van der Waals surface area contributed by atoms with E-state index < -0.39 is 12.0 Å². The average Bonchev–Trinajstić information content (AvgIpc) is 2.58.